The zero-order chi connectivity index (χ0) is 26.4. The van der Waals surface area contributed by atoms with E-state index in [1.54, 1.807) is 12.1 Å². The second-order valence-electron chi connectivity index (χ2n) is 8.58. The first-order chi connectivity index (χ1) is 17.7. The number of benzene rings is 2. The predicted molar refractivity (Wildman–Crippen MR) is 136 cm³/mol. The van der Waals surface area contributed by atoms with Crippen molar-refractivity contribution in [2.75, 3.05) is 0 Å². The maximum absolute atomic E-state index is 12.8. The van der Waals surface area contributed by atoms with Gasteiger partial charge in [0.15, 0.2) is 0 Å². The summed E-state index contributed by atoms with van der Waals surface area (Å²) in [5.74, 6) is 0.0601. The molecule has 1 unspecified atom stereocenters. The second kappa shape index (κ2) is 12.8. The molecule has 0 saturated carbocycles. The Balaban J connectivity index is 0.000000341. The normalized spacial score (nSPS) is 11.6. The molecule has 3 heterocycles. The van der Waals surface area contributed by atoms with E-state index in [0.717, 1.165) is 33.3 Å². The van der Waals surface area contributed by atoms with E-state index in [1.807, 2.05) is 74.5 Å². The molecule has 1 radical (unpaired) electrons. The first-order valence-corrected chi connectivity index (χ1v) is 11.7. The van der Waals surface area contributed by atoms with Crippen LogP contribution in [0.3, 0.4) is 0 Å². The van der Waals surface area contributed by atoms with Gasteiger partial charge in [-0.25, -0.2) is 0 Å². The van der Waals surface area contributed by atoms with E-state index in [0.29, 0.717) is 5.69 Å². The van der Waals surface area contributed by atoms with Gasteiger partial charge in [0.25, 0.3) is 0 Å². The number of nitrogens with zero attached hydrogens (tertiary/aromatic N) is 4. The van der Waals surface area contributed by atoms with E-state index in [4.69, 9.17) is 0 Å². The summed E-state index contributed by atoms with van der Waals surface area (Å²) in [6, 6.07) is 30.7. The Morgan fingerprint density at radius 1 is 0.816 bits per heavy atom. The minimum atomic E-state index is -4.52. The van der Waals surface area contributed by atoms with Crippen molar-refractivity contribution in [3.05, 3.63) is 143 Å². The SMILES string of the molecule is Cc1cc(C)nc(C)c1.FC(F)(F)c1c[c-]n(-c2cccc(C(c3[c-]cccc3)c3ccccc3)n2)n1.[Ir]. The van der Waals surface area contributed by atoms with Gasteiger partial charge in [-0.05, 0) is 50.1 Å². The number of hydrogen-bond acceptors (Lipinski definition) is 3. The molecule has 0 aliphatic rings. The maximum Gasteiger partial charge on any atom is 0.388 e. The molecule has 0 N–H and O–H groups in total. The van der Waals surface area contributed by atoms with E-state index < -0.39 is 11.9 Å². The molecule has 38 heavy (non-hydrogen) atoms. The minimum absolute atomic E-state index is 0. The molecule has 0 aliphatic heterocycles. The Bertz CT molecular complexity index is 1360. The van der Waals surface area contributed by atoms with E-state index >= 15 is 0 Å². The van der Waals surface area contributed by atoms with Crippen LogP contribution in [-0.2, 0) is 26.3 Å². The molecule has 0 amide bonds. The van der Waals surface area contributed by atoms with Crippen molar-refractivity contribution in [1.29, 1.82) is 0 Å². The minimum Gasteiger partial charge on any atom is -0.343 e. The molecule has 0 spiro atoms. The van der Waals surface area contributed by atoms with Gasteiger partial charge in [-0.1, -0.05) is 48.7 Å². The van der Waals surface area contributed by atoms with E-state index in [2.05, 4.69) is 46.4 Å². The number of alkyl halides is 3. The molecule has 197 valence electrons. The Labute approximate surface area is 234 Å². The molecule has 0 aliphatic carbocycles. The fraction of sp³-hybridized carbons (Fsp3) is 0.167. The molecule has 1 atom stereocenters. The van der Waals surface area contributed by atoms with Crippen LogP contribution in [0, 0.1) is 33.0 Å². The quantitative estimate of drug-likeness (QED) is 0.190. The van der Waals surface area contributed by atoms with Crippen molar-refractivity contribution in [3.8, 4) is 5.82 Å². The summed E-state index contributed by atoms with van der Waals surface area (Å²) in [4.78, 5) is 8.81. The molecule has 0 saturated heterocycles. The van der Waals surface area contributed by atoms with Crippen LogP contribution in [0.1, 0.15) is 45.4 Å². The number of rotatable bonds is 4. The molecule has 8 heteroatoms. The Morgan fingerprint density at radius 2 is 1.50 bits per heavy atom. The first kappa shape index (κ1) is 29.0. The molecule has 5 rings (SSSR count). The van der Waals surface area contributed by atoms with Gasteiger partial charge >= 0.3 is 6.18 Å². The van der Waals surface area contributed by atoms with Gasteiger partial charge < -0.3 is 4.68 Å². The summed E-state index contributed by atoms with van der Waals surface area (Å²) < 4.78 is 39.6. The van der Waals surface area contributed by atoms with Gasteiger partial charge in [0.1, 0.15) is 0 Å². The van der Waals surface area contributed by atoms with Gasteiger partial charge in [0.2, 0.25) is 0 Å². The molecule has 0 bridgehead atoms. The van der Waals surface area contributed by atoms with Gasteiger partial charge in [-0.2, -0.15) is 43.5 Å². The van der Waals surface area contributed by atoms with Crippen molar-refractivity contribution >= 4 is 0 Å². The van der Waals surface area contributed by atoms with E-state index in [1.165, 1.54) is 5.56 Å². The van der Waals surface area contributed by atoms with Crippen LogP contribution in [0.15, 0.2) is 91.0 Å². The van der Waals surface area contributed by atoms with Crippen molar-refractivity contribution < 1.29 is 33.3 Å². The summed E-state index contributed by atoms with van der Waals surface area (Å²) in [7, 11) is 0. The molecule has 4 nitrogen and oxygen atoms in total. The maximum atomic E-state index is 12.8. The average Bonchev–Trinajstić information content (AvgIpc) is 3.37. The zero-order valence-corrected chi connectivity index (χ0v) is 23.4. The second-order valence-corrected chi connectivity index (χ2v) is 8.58. The third-order valence-corrected chi connectivity index (χ3v) is 5.49. The smallest absolute Gasteiger partial charge is 0.343 e. The molecule has 0 fully saturated rings. The first-order valence-electron chi connectivity index (χ1n) is 11.7. The third-order valence-electron chi connectivity index (χ3n) is 5.49. The zero-order valence-electron chi connectivity index (χ0n) is 21.0. The molecule has 3 aromatic heterocycles. The number of halogens is 3. The fourth-order valence-corrected chi connectivity index (χ4v) is 4.05. The third kappa shape index (κ3) is 7.46. The van der Waals surface area contributed by atoms with E-state index in [-0.39, 0.29) is 31.8 Å². The van der Waals surface area contributed by atoms with Crippen LogP contribution in [0.4, 0.5) is 13.2 Å². The molecular weight excluding hydrogens is 666 g/mol. The van der Waals surface area contributed by atoms with Crippen LogP contribution in [0.25, 0.3) is 5.82 Å². The summed E-state index contributed by atoms with van der Waals surface area (Å²) in [6.07, 6.45) is -2.03. The van der Waals surface area contributed by atoms with Crippen LogP contribution in [0.5, 0.6) is 0 Å². The summed E-state index contributed by atoms with van der Waals surface area (Å²) in [5.41, 5.74) is 5.10. The Hall–Kier alpha value is -3.61. The topological polar surface area (TPSA) is 43.6 Å². The monoisotopic (exact) mass is 691 g/mol. The van der Waals surface area contributed by atoms with Gasteiger partial charge in [-0.3, -0.25) is 15.1 Å². The molecular formula is C30H25F3IrN4-2. The fourth-order valence-electron chi connectivity index (χ4n) is 4.05. The Morgan fingerprint density at radius 3 is 2.08 bits per heavy atom. The largest absolute Gasteiger partial charge is 0.388 e. The van der Waals surface area contributed by atoms with E-state index in [9.17, 15) is 13.2 Å². The average molecular weight is 691 g/mol. The van der Waals surface area contributed by atoms with Gasteiger partial charge in [0, 0.05) is 43.1 Å². The number of hydrogen-bond donors (Lipinski definition) is 0. The van der Waals surface area contributed by atoms with Gasteiger partial charge in [-0.15, -0.1) is 11.6 Å². The molecule has 2 aromatic carbocycles. The van der Waals surface area contributed by atoms with Crippen molar-refractivity contribution in [2.45, 2.75) is 32.9 Å². The van der Waals surface area contributed by atoms with Crippen molar-refractivity contribution in [3.63, 3.8) is 0 Å². The van der Waals surface area contributed by atoms with Crippen LogP contribution in [0.2, 0.25) is 0 Å². The Kier molecular flexibility index (Phi) is 9.72. The van der Waals surface area contributed by atoms with Crippen LogP contribution >= 0.6 is 0 Å². The number of aromatic nitrogens is 4. The summed E-state index contributed by atoms with van der Waals surface area (Å²) in [5, 5.41) is 3.56. The molecule has 5 aromatic rings. The standard InChI is InChI=1S/C22H14F3N3.C8H11N.Ir/c23-22(24,25)19-14-15-28(27-19)20-13-7-12-18(26-20)21(16-8-3-1-4-9-16)17-10-5-2-6-11-17;1-6-4-7(2)9-8(3)5-6;/h1-10,12-14,21H;4-5H,1-3H3;/q-2;;. The number of pyridine rings is 2. The van der Waals surface area contributed by atoms with Crippen LogP contribution in [-0.4, -0.2) is 19.7 Å². The van der Waals surface area contributed by atoms with Crippen LogP contribution < -0.4 is 0 Å². The summed E-state index contributed by atoms with van der Waals surface area (Å²) >= 11 is 0. The predicted octanol–water partition coefficient (Wildman–Crippen LogP) is 7.07. The van der Waals surface area contributed by atoms with Crippen molar-refractivity contribution in [2.24, 2.45) is 0 Å². The number of aryl methyl sites for hydroxylation is 3. The van der Waals surface area contributed by atoms with Crippen molar-refractivity contribution in [1.82, 2.24) is 19.7 Å². The summed E-state index contributed by atoms with van der Waals surface area (Å²) in [6.45, 7) is 6.11. The van der Waals surface area contributed by atoms with Gasteiger partial charge in [0.05, 0.1) is 11.5 Å².